The maximum atomic E-state index is 6.37. The van der Waals surface area contributed by atoms with Crippen LogP contribution in [0.3, 0.4) is 0 Å². The Morgan fingerprint density at radius 2 is 2.09 bits per heavy atom. The molecule has 0 spiro atoms. The zero-order chi connectivity index (χ0) is 15.3. The van der Waals surface area contributed by atoms with Gasteiger partial charge in [0, 0.05) is 22.0 Å². The van der Waals surface area contributed by atoms with Crippen molar-refractivity contribution in [2.45, 2.75) is 25.7 Å². The number of hydrogen-bond acceptors (Lipinski definition) is 2. The van der Waals surface area contributed by atoms with Gasteiger partial charge in [0.25, 0.3) is 0 Å². The summed E-state index contributed by atoms with van der Waals surface area (Å²) in [5.74, 6) is 1.70. The molecule has 1 aromatic carbocycles. The maximum Gasteiger partial charge on any atom is 0.0591 e. The van der Waals surface area contributed by atoms with E-state index in [1.54, 1.807) is 22.5 Å². The van der Waals surface area contributed by atoms with E-state index < -0.39 is 0 Å². The van der Waals surface area contributed by atoms with E-state index in [9.17, 15) is 0 Å². The van der Waals surface area contributed by atoms with Gasteiger partial charge in [0.1, 0.15) is 0 Å². The Kier molecular flexibility index (Phi) is 5.08. The van der Waals surface area contributed by atoms with Crippen LogP contribution in [-0.4, -0.2) is 25.5 Å². The first-order valence-electron chi connectivity index (χ1n) is 8.15. The van der Waals surface area contributed by atoms with Gasteiger partial charge in [0.15, 0.2) is 0 Å². The number of benzene rings is 1. The fourth-order valence-electron chi connectivity index (χ4n) is 4.41. The van der Waals surface area contributed by atoms with E-state index >= 15 is 0 Å². The lowest BCUT2D eigenvalue weighted by Crippen LogP contribution is -2.21. The van der Waals surface area contributed by atoms with Gasteiger partial charge < -0.3 is 4.90 Å². The van der Waals surface area contributed by atoms with E-state index in [0.29, 0.717) is 0 Å². The third-order valence-corrected chi connectivity index (χ3v) is 6.62. The molecule has 23 heavy (non-hydrogen) atoms. The summed E-state index contributed by atoms with van der Waals surface area (Å²) in [6, 6.07) is 6.90. The molecule has 2 bridgehead atoms. The van der Waals surface area contributed by atoms with Crippen LogP contribution in [0.1, 0.15) is 31.2 Å². The van der Waals surface area contributed by atoms with Crippen molar-refractivity contribution < 1.29 is 0 Å². The predicted molar refractivity (Wildman–Crippen MR) is 105 cm³/mol. The third kappa shape index (κ3) is 3.19. The van der Waals surface area contributed by atoms with Crippen LogP contribution in [0, 0.1) is 11.8 Å². The number of likely N-dealkylation sites (N-methyl/N-ethyl adjacent to an activating group) is 1. The highest BCUT2D eigenvalue weighted by Crippen LogP contribution is 2.49. The fourth-order valence-corrected chi connectivity index (χ4v) is 5.55. The summed E-state index contributed by atoms with van der Waals surface area (Å²) >= 11 is 8.11. The van der Waals surface area contributed by atoms with Gasteiger partial charge in [-0.1, -0.05) is 23.2 Å². The quantitative estimate of drug-likeness (QED) is 0.632. The summed E-state index contributed by atoms with van der Waals surface area (Å²) in [5, 5.41) is 4.18. The molecule has 4 rings (SSSR count). The molecule has 1 fully saturated rings. The molecule has 1 nitrogen and oxygen atoms in total. The molecule has 0 radical (unpaired) electrons. The predicted octanol–water partition coefficient (Wildman–Crippen LogP) is 6.11. The SMILES string of the molecule is CN(C)CC1=C(c2ccc3scc(Cl)c3c2)C2CCC(C1)C2.Cl. The van der Waals surface area contributed by atoms with Gasteiger partial charge in [-0.2, -0.15) is 0 Å². The van der Waals surface area contributed by atoms with Gasteiger partial charge in [0.2, 0.25) is 0 Å². The lowest BCUT2D eigenvalue weighted by atomic mass is 9.79. The molecule has 1 heterocycles. The van der Waals surface area contributed by atoms with Gasteiger partial charge in [-0.25, -0.2) is 0 Å². The van der Waals surface area contributed by atoms with E-state index in [1.807, 2.05) is 0 Å². The molecule has 2 aromatic rings. The topological polar surface area (TPSA) is 3.24 Å². The zero-order valence-electron chi connectivity index (χ0n) is 13.6. The molecule has 2 aliphatic rings. The van der Waals surface area contributed by atoms with E-state index in [1.165, 1.54) is 41.3 Å². The Hall–Kier alpha value is -0.540. The average molecular weight is 368 g/mol. The van der Waals surface area contributed by atoms with Crippen LogP contribution < -0.4 is 0 Å². The minimum Gasteiger partial charge on any atom is -0.305 e. The molecule has 0 aliphatic heterocycles. The molecule has 1 saturated carbocycles. The number of nitrogens with zero attached hydrogens (tertiary/aromatic N) is 1. The third-order valence-electron chi connectivity index (χ3n) is 5.21. The van der Waals surface area contributed by atoms with Crippen LogP contribution in [0.5, 0.6) is 0 Å². The summed E-state index contributed by atoms with van der Waals surface area (Å²) in [5.41, 5.74) is 4.70. The minimum absolute atomic E-state index is 0. The van der Waals surface area contributed by atoms with Crippen LogP contribution in [0.2, 0.25) is 5.02 Å². The molecule has 2 unspecified atom stereocenters. The Morgan fingerprint density at radius 1 is 1.26 bits per heavy atom. The number of fused-ring (bicyclic) bond motifs is 3. The average Bonchev–Trinajstić information content (AvgIpc) is 3.03. The Balaban J connectivity index is 0.00000156. The van der Waals surface area contributed by atoms with Gasteiger partial charge in [-0.05, 0) is 74.9 Å². The Morgan fingerprint density at radius 3 is 2.87 bits per heavy atom. The van der Waals surface area contributed by atoms with Crippen molar-refractivity contribution in [2.24, 2.45) is 11.8 Å². The lowest BCUT2D eigenvalue weighted by molar-refractivity contribution is 0.413. The standard InChI is InChI=1S/C19H22ClNS.ClH/c1-21(2)10-15-8-12-3-4-13(7-12)19(15)14-5-6-18-16(9-14)17(20)11-22-18;/h5-6,9,11-13H,3-4,7-8,10H2,1-2H3;1H. The zero-order valence-corrected chi connectivity index (χ0v) is 16.0. The second kappa shape index (κ2) is 6.76. The molecule has 0 amide bonds. The molecule has 0 saturated heterocycles. The van der Waals surface area contributed by atoms with Crippen LogP contribution in [0.4, 0.5) is 0 Å². The molecular formula is C19H23Cl2NS. The number of hydrogen-bond donors (Lipinski definition) is 0. The molecule has 2 atom stereocenters. The van der Waals surface area contributed by atoms with Crippen molar-refractivity contribution in [1.29, 1.82) is 0 Å². The van der Waals surface area contributed by atoms with Crippen molar-refractivity contribution in [3.63, 3.8) is 0 Å². The summed E-state index contributed by atoms with van der Waals surface area (Å²) in [4.78, 5) is 2.32. The second-order valence-electron chi connectivity index (χ2n) is 7.13. The van der Waals surface area contributed by atoms with Crippen molar-refractivity contribution in [3.05, 3.63) is 39.7 Å². The molecule has 4 heteroatoms. The van der Waals surface area contributed by atoms with Crippen molar-refractivity contribution >= 4 is 51.0 Å². The highest BCUT2D eigenvalue weighted by Gasteiger charge is 2.35. The Bertz CT molecular complexity index is 747. The van der Waals surface area contributed by atoms with Crippen LogP contribution >= 0.6 is 35.3 Å². The first kappa shape index (κ1) is 17.3. The maximum absolute atomic E-state index is 6.37. The number of allylic oxidation sites excluding steroid dienone is 1. The lowest BCUT2D eigenvalue weighted by Gasteiger charge is -2.29. The van der Waals surface area contributed by atoms with Crippen LogP contribution in [0.25, 0.3) is 15.7 Å². The molecular weight excluding hydrogens is 345 g/mol. The van der Waals surface area contributed by atoms with Gasteiger partial charge in [-0.3, -0.25) is 0 Å². The summed E-state index contributed by atoms with van der Waals surface area (Å²) < 4.78 is 1.30. The summed E-state index contributed by atoms with van der Waals surface area (Å²) in [6.45, 7) is 1.09. The number of rotatable bonds is 3. The van der Waals surface area contributed by atoms with Gasteiger partial charge in [0.05, 0.1) is 5.02 Å². The Labute approximate surface area is 153 Å². The first-order valence-corrected chi connectivity index (χ1v) is 9.41. The largest absolute Gasteiger partial charge is 0.305 e. The van der Waals surface area contributed by atoms with E-state index in [2.05, 4.69) is 42.6 Å². The monoisotopic (exact) mass is 367 g/mol. The highest BCUT2D eigenvalue weighted by atomic mass is 35.5. The van der Waals surface area contributed by atoms with Gasteiger partial charge >= 0.3 is 0 Å². The smallest absolute Gasteiger partial charge is 0.0591 e. The number of thiophene rings is 1. The normalized spacial score (nSPS) is 23.7. The van der Waals surface area contributed by atoms with Crippen molar-refractivity contribution in [1.82, 2.24) is 4.90 Å². The number of halogens is 2. The van der Waals surface area contributed by atoms with E-state index in [0.717, 1.165) is 23.4 Å². The van der Waals surface area contributed by atoms with Crippen LogP contribution in [-0.2, 0) is 0 Å². The molecule has 0 N–H and O–H groups in total. The van der Waals surface area contributed by atoms with Gasteiger partial charge in [-0.15, -0.1) is 23.7 Å². The van der Waals surface area contributed by atoms with Crippen LogP contribution in [0.15, 0.2) is 29.2 Å². The van der Waals surface area contributed by atoms with Crippen molar-refractivity contribution in [2.75, 3.05) is 20.6 Å². The fraction of sp³-hybridized carbons (Fsp3) is 0.474. The minimum atomic E-state index is 0. The molecule has 2 aliphatic carbocycles. The molecule has 124 valence electrons. The second-order valence-corrected chi connectivity index (χ2v) is 8.45. The first-order chi connectivity index (χ1) is 10.6. The van der Waals surface area contributed by atoms with E-state index in [4.69, 9.17) is 11.6 Å². The van der Waals surface area contributed by atoms with Crippen molar-refractivity contribution in [3.8, 4) is 0 Å². The highest BCUT2D eigenvalue weighted by molar-refractivity contribution is 7.17. The summed E-state index contributed by atoms with van der Waals surface area (Å²) in [7, 11) is 4.36. The van der Waals surface area contributed by atoms with E-state index in [-0.39, 0.29) is 12.4 Å². The molecule has 1 aromatic heterocycles. The summed E-state index contributed by atoms with van der Waals surface area (Å²) in [6.07, 6.45) is 5.46.